The van der Waals surface area contributed by atoms with E-state index >= 15 is 0 Å². The van der Waals surface area contributed by atoms with E-state index in [1.807, 2.05) is 92.8 Å². The third-order valence-corrected chi connectivity index (χ3v) is 10.2. The molecule has 9 heteroatoms. The maximum absolute atomic E-state index is 12.5. The first-order chi connectivity index (χ1) is 25.6. The van der Waals surface area contributed by atoms with Crippen LogP contribution in [0.25, 0.3) is 11.1 Å². The van der Waals surface area contributed by atoms with Crippen LogP contribution in [0, 0.1) is 5.92 Å². The summed E-state index contributed by atoms with van der Waals surface area (Å²) >= 11 is 0. The molecule has 0 bridgehead atoms. The van der Waals surface area contributed by atoms with E-state index in [0.717, 1.165) is 58.2 Å². The first kappa shape index (κ1) is 39.8. The maximum Gasteiger partial charge on any atom is 0.220 e. The molecular weight excluding hydrogens is 666 g/mol. The van der Waals surface area contributed by atoms with Gasteiger partial charge in [-0.15, -0.1) is 0 Å². The van der Waals surface area contributed by atoms with Gasteiger partial charge in [-0.05, 0) is 72.3 Å². The number of nitrogens with zero attached hydrogens (tertiary/aromatic N) is 1. The number of unbranched alkanes of at least 4 members (excludes halogenated alkanes) is 2. The van der Waals surface area contributed by atoms with Crippen LogP contribution in [0.4, 0.5) is 0 Å². The first-order valence-corrected chi connectivity index (χ1v) is 18.8. The highest BCUT2D eigenvalue weighted by molar-refractivity contribution is 5.76. The molecule has 4 N–H and O–H groups in total. The Morgan fingerprint density at radius 3 is 2.25 bits per heavy atom. The molecule has 1 aliphatic heterocycles. The molecule has 0 saturated carbocycles. The van der Waals surface area contributed by atoms with Crippen LogP contribution in [0.2, 0.25) is 0 Å². The predicted molar refractivity (Wildman–Crippen MR) is 207 cm³/mol. The van der Waals surface area contributed by atoms with Gasteiger partial charge in [0.05, 0.1) is 24.9 Å². The minimum atomic E-state index is -0.651. The van der Waals surface area contributed by atoms with Crippen LogP contribution in [0.1, 0.15) is 92.8 Å². The number of carbonyl (C=O) groups is 2. The van der Waals surface area contributed by atoms with Gasteiger partial charge < -0.3 is 30.3 Å². The monoisotopic (exact) mass is 721 g/mol. The van der Waals surface area contributed by atoms with Crippen LogP contribution < -0.4 is 10.6 Å². The van der Waals surface area contributed by atoms with Crippen molar-refractivity contribution in [1.82, 2.24) is 15.5 Å². The fourth-order valence-electron chi connectivity index (χ4n) is 6.81. The topological polar surface area (TPSA) is 120 Å². The van der Waals surface area contributed by atoms with Crippen LogP contribution in [0.3, 0.4) is 0 Å². The summed E-state index contributed by atoms with van der Waals surface area (Å²) in [5, 5.41) is 26.7. The first-order valence-electron chi connectivity index (χ1n) is 18.8. The number of carbonyl (C=O) groups excluding carboxylic acids is 2. The molecular formula is C44H55N3O6. The van der Waals surface area contributed by atoms with Gasteiger partial charge in [-0.1, -0.05) is 104 Å². The van der Waals surface area contributed by atoms with Crippen molar-refractivity contribution in [2.45, 2.75) is 90.2 Å². The lowest BCUT2D eigenvalue weighted by Gasteiger charge is -2.43. The molecule has 1 fully saturated rings. The Balaban J connectivity index is 1.29. The molecule has 4 aromatic rings. The van der Waals surface area contributed by atoms with E-state index < -0.39 is 12.4 Å². The van der Waals surface area contributed by atoms with Gasteiger partial charge >= 0.3 is 0 Å². The van der Waals surface area contributed by atoms with Gasteiger partial charge in [0.1, 0.15) is 0 Å². The van der Waals surface area contributed by atoms with Crippen molar-refractivity contribution in [3.63, 3.8) is 0 Å². The van der Waals surface area contributed by atoms with Gasteiger partial charge in [0.15, 0.2) is 6.29 Å². The van der Waals surface area contributed by atoms with Crippen molar-refractivity contribution in [2.75, 3.05) is 20.1 Å². The highest BCUT2D eigenvalue weighted by atomic mass is 16.7. The number of rotatable bonds is 17. The molecule has 0 spiro atoms. The molecule has 282 valence electrons. The second kappa shape index (κ2) is 19.6. The van der Waals surface area contributed by atoms with Gasteiger partial charge in [0.2, 0.25) is 11.8 Å². The van der Waals surface area contributed by atoms with Crippen LogP contribution in [-0.2, 0) is 32.2 Å². The van der Waals surface area contributed by atoms with E-state index in [1.54, 1.807) is 0 Å². The van der Waals surface area contributed by atoms with Crippen molar-refractivity contribution in [3.8, 4) is 11.1 Å². The smallest absolute Gasteiger partial charge is 0.220 e. The molecule has 9 nitrogen and oxygen atoms in total. The Hall–Kier alpha value is -4.38. The molecule has 0 unspecified atom stereocenters. The summed E-state index contributed by atoms with van der Waals surface area (Å²) in [5.74, 6) is -0.0208. The minimum Gasteiger partial charge on any atom is -0.392 e. The summed E-state index contributed by atoms with van der Waals surface area (Å²) in [7, 11) is 2.02. The van der Waals surface area contributed by atoms with Crippen LogP contribution in [0.5, 0.6) is 0 Å². The Bertz CT molecular complexity index is 1750. The quantitative estimate of drug-likeness (QED) is 0.0867. The normalized spacial score (nSPS) is 19.8. The van der Waals surface area contributed by atoms with Gasteiger partial charge in [0.25, 0.3) is 0 Å². The van der Waals surface area contributed by atoms with E-state index in [0.29, 0.717) is 26.1 Å². The van der Waals surface area contributed by atoms with E-state index in [9.17, 15) is 19.8 Å². The Labute approximate surface area is 314 Å². The van der Waals surface area contributed by atoms with Crippen molar-refractivity contribution >= 4 is 11.8 Å². The average molecular weight is 722 g/mol. The number of aliphatic hydroxyl groups excluding tert-OH is 2. The standard InChI is InChI=1S/C44H55N3O6/c1-30-40(28-47(4)31(2)42(51)35-14-7-5-8-15-35)52-44(53-43(30)36-22-20-33(29-48)21-23-36)39-18-12-17-38(26-39)37-16-11-13-34(25-37)27-46-41(50)19-9-6-10-24-45-32(3)49/h5,7-8,11-18,20-23,25-26,30-31,40,42-44,48,51H,6,9-10,19,24,27-29H2,1-4H3,(H,45,49)(H,46,50)/t30-,31-,40+,42-,43+,44+/m0/s1. The molecule has 53 heavy (non-hydrogen) atoms. The van der Waals surface area contributed by atoms with Crippen molar-refractivity contribution in [2.24, 2.45) is 5.92 Å². The molecule has 1 saturated heterocycles. The zero-order chi connectivity index (χ0) is 37.7. The number of benzene rings is 4. The number of nitrogens with one attached hydrogen (secondary N) is 2. The lowest BCUT2D eigenvalue weighted by Crippen LogP contribution is -2.46. The lowest BCUT2D eigenvalue weighted by atomic mass is 9.89. The van der Waals surface area contributed by atoms with Gasteiger partial charge in [-0.3, -0.25) is 14.5 Å². The second-order valence-electron chi connectivity index (χ2n) is 14.3. The minimum absolute atomic E-state index is 0.00596. The van der Waals surface area contributed by atoms with Gasteiger partial charge in [-0.2, -0.15) is 0 Å². The van der Waals surface area contributed by atoms with Crippen molar-refractivity contribution in [1.29, 1.82) is 0 Å². The number of amides is 2. The molecule has 6 atom stereocenters. The number of ether oxygens (including phenoxy) is 2. The molecule has 1 heterocycles. The number of aliphatic hydroxyl groups is 2. The van der Waals surface area contributed by atoms with E-state index in [2.05, 4.69) is 46.7 Å². The summed E-state index contributed by atoms with van der Waals surface area (Å²) < 4.78 is 13.5. The average Bonchev–Trinajstić information content (AvgIpc) is 3.19. The summed E-state index contributed by atoms with van der Waals surface area (Å²) in [5.41, 5.74) is 6.68. The summed E-state index contributed by atoms with van der Waals surface area (Å²) in [6.07, 6.45) is 1.22. The highest BCUT2D eigenvalue weighted by Crippen LogP contribution is 2.42. The van der Waals surface area contributed by atoms with Gasteiger partial charge in [0, 0.05) is 50.5 Å². The summed E-state index contributed by atoms with van der Waals surface area (Å²) in [6, 6.07) is 33.9. The van der Waals surface area contributed by atoms with Crippen LogP contribution in [-0.4, -0.2) is 59.2 Å². The van der Waals surface area contributed by atoms with E-state index in [4.69, 9.17) is 9.47 Å². The number of hydrogen-bond donors (Lipinski definition) is 4. The zero-order valence-corrected chi connectivity index (χ0v) is 31.4. The lowest BCUT2D eigenvalue weighted by molar-refractivity contribution is -0.276. The molecule has 0 radical (unpaired) electrons. The fraction of sp³-hybridized carbons (Fsp3) is 0.409. The zero-order valence-electron chi connectivity index (χ0n) is 31.4. The highest BCUT2D eigenvalue weighted by Gasteiger charge is 2.39. The van der Waals surface area contributed by atoms with E-state index in [-0.39, 0.29) is 42.6 Å². The van der Waals surface area contributed by atoms with Crippen molar-refractivity contribution in [3.05, 3.63) is 131 Å². The summed E-state index contributed by atoms with van der Waals surface area (Å²) in [4.78, 5) is 25.7. The number of likely N-dealkylation sites (N-methyl/N-ethyl adjacent to an activating group) is 1. The SMILES string of the molecule is CC(=O)NCCCCCC(=O)NCc1cccc(-c2cccc([C@@H]3O[C@H](CN(C)[C@@H](C)[C@H](O)c4ccccc4)[C@H](C)[C@H](c4ccc(CO)cc4)O3)c2)c1. The van der Waals surface area contributed by atoms with E-state index in [1.165, 1.54) is 6.92 Å². The second-order valence-corrected chi connectivity index (χ2v) is 14.3. The van der Waals surface area contributed by atoms with Gasteiger partial charge in [-0.25, -0.2) is 0 Å². The van der Waals surface area contributed by atoms with Crippen molar-refractivity contribution < 1.29 is 29.3 Å². The fourth-order valence-corrected chi connectivity index (χ4v) is 6.81. The Kier molecular flexibility index (Phi) is 14.7. The molecule has 1 aliphatic rings. The number of hydrogen-bond acceptors (Lipinski definition) is 7. The molecule has 0 aliphatic carbocycles. The molecule has 5 rings (SSSR count). The Morgan fingerprint density at radius 2 is 1.53 bits per heavy atom. The maximum atomic E-state index is 12.5. The third kappa shape index (κ3) is 11.3. The molecule has 4 aromatic carbocycles. The molecule has 2 amide bonds. The Morgan fingerprint density at radius 1 is 0.811 bits per heavy atom. The van der Waals surface area contributed by atoms with Crippen LogP contribution in [0.15, 0.2) is 103 Å². The predicted octanol–water partition coefficient (Wildman–Crippen LogP) is 7.00. The molecule has 0 aromatic heterocycles. The van der Waals surface area contributed by atoms with Crippen LogP contribution >= 0.6 is 0 Å². The third-order valence-electron chi connectivity index (χ3n) is 10.2. The largest absolute Gasteiger partial charge is 0.392 e. The summed E-state index contributed by atoms with van der Waals surface area (Å²) in [6.45, 7) is 7.33.